The molecule has 1 aliphatic rings. The number of para-hydroxylation sites is 1. The molecule has 0 spiro atoms. The number of methoxy groups -OCH3 is 1. The molecule has 6 nitrogen and oxygen atoms in total. The van der Waals surface area contributed by atoms with Gasteiger partial charge in [0, 0.05) is 12.1 Å². The van der Waals surface area contributed by atoms with E-state index in [-0.39, 0.29) is 18.4 Å². The van der Waals surface area contributed by atoms with Crippen molar-refractivity contribution in [2.45, 2.75) is 6.42 Å². The van der Waals surface area contributed by atoms with Crippen molar-refractivity contribution in [2.75, 3.05) is 40.8 Å². The lowest BCUT2D eigenvalue weighted by molar-refractivity contribution is -0.128. The standard InChI is InChI=1S/C18H23N3O3S2/c1-20(2)10-6-9-19-16(22)12-21-17(23)15(26-18(21)25)11-13-7-4-5-8-14(13)24-3/h4-5,7-8,11H,6,9-10,12H2,1-3H3,(H,19,22)/b15-11-. The van der Waals surface area contributed by atoms with Gasteiger partial charge in [-0.05, 0) is 39.2 Å². The zero-order valence-corrected chi connectivity index (χ0v) is 16.8. The van der Waals surface area contributed by atoms with E-state index in [1.54, 1.807) is 13.2 Å². The van der Waals surface area contributed by atoms with Crippen LogP contribution in [0.1, 0.15) is 12.0 Å². The Hall–Kier alpha value is -1.90. The molecule has 0 bridgehead atoms. The number of carbonyl (C=O) groups excluding carboxylic acids is 2. The second-order valence-electron chi connectivity index (χ2n) is 6.02. The minimum Gasteiger partial charge on any atom is -0.496 e. The van der Waals surface area contributed by atoms with Gasteiger partial charge in [0.2, 0.25) is 5.91 Å². The molecule has 8 heteroatoms. The largest absolute Gasteiger partial charge is 0.496 e. The Labute approximate surface area is 163 Å². The quantitative estimate of drug-likeness (QED) is 0.414. The van der Waals surface area contributed by atoms with Crippen molar-refractivity contribution in [1.82, 2.24) is 15.1 Å². The lowest BCUT2D eigenvalue weighted by Gasteiger charge is -2.15. The van der Waals surface area contributed by atoms with Crippen LogP contribution in [-0.4, -0.2) is 66.8 Å². The van der Waals surface area contributed by atoms with Crippen LogP contribution in [0.3, 0.4) is 0 Å². The van der Waals surface area contributed by atoms with Gasteiger partial charge in [-0.25, -0.2) is 0 Å². The first-order valence-corrected chi connectivity index (χ1v) is 9.44. The van der Waals surface area contributed by atoms with E-state index in [1.165, 1.54) is 16.7 Å². The number of amides is 2. The maximum Gasteiger partial charge on any atom is 0.266 e. The maximum absolute atomic E-state index is 12.6. The van der Waals surface area contributed by atoms with Crippen LogP contribution in [0.4, 0.5) is 0 Å². The number of thioether (sulfide) groups is 1. The van der Waals surface area contributed by atoms with E-state index in [9.17, 15) is 9.59 Å². The highest BCUT2D eigenvalue weighted by Crippen LogP contribution is 2.33. The van der Waals surface area contributed by atoms with E-state index in [4.69, 9.17) is 17.0 Å². The zero-order valence-electron chi connectivity index (χ0n) is 15.2. The summed E-state index contributed by atoms with van der Waals surface area (Å²) in [7, 11) is 5.55. The summed E-state index contributed by atoms with van der Waals surface area (Å²) in [6.07, 6.45) is 2.60. The van der Waals surface area contributed by atoms with Crippen LogP contribution in [0, 0.1) is 0 Å². The summed E-state index contributed by atoms with van der Waals surface area (Å²) in [5.74, 6) is 0.212. The third-order valence-electron chi connectivity index (χ3n) is 3.71. The Morgan fingerprint density at radius 2 is 2.12 bits per heavy atom. The Morgan fingerprint density at radius 1 is 1.38 bits per heavy atom. The molecule has 0 aliphatic carbocycles. The highest BCUT2D eigenvalue weighted by molar-refractivity contribution is 8.26. The van der Waals surface area contributed by atoms with Crippen LogP contribution in [0.5, 0.6) is 5.75 Å². The molecule has 0 radical (unpaired) electrons. The van der Waals surface area contributed by atoms with Crippen LogP contribution in [0.25, 0.3) is 6.08 Å². The summed E-state index contributed by atoms with van der Waals surface area (Å²) >= 11 is 6.47. The van der Waals surface area contributed by atoms with Gasteiger partial charge in [-0.2, -0.15) is 0 Å². The predicted molar refractivity (Wildman–Crippen MR) is 109 cm³/mol. The van der Waals surface area contributed by atoms with Crippen molar-refractivity contribution < 1.29 is 14.3 Å². The van der Waals surface area contributed by atoms with Crippen molar-refractivity contribution in [1.29, 1.82) is 0 Å². The number of benzene rings is 1. The molecular weight excluding hydrogens is 370 g/mol. The first-order chi connectivity index (χ1) is 12.4. The number of nitrogens with one attached hydrogen (secondary N) is 1. The van der Waals surface area contributed by atoms with E-state index in [1.807, 2.05) is 38.4 Å². The van der Waals surface area contributed by atoms with Gasteiger partial charge < -0.3 is 15.0 Å². The first kappa shape index (κ1) is 20.4. The normalized spacial score (nSPS) is 15.8. The van der Waals surface area contributed by atoms with Gasteiger partial charge in [0.15, 0.2) is 0 Å². The molecule has 1 saturated heterocycles. The summed E-state index contributed by atoms with van der Waals surface area (Å²) < 4.78 is 5.69. The van der Waals surface area contributed by atoms with Gasteiger partial charge in [0.1, 0.15) is 16.6 Å². The van der Waals surface area contributed by atoms with Crippen molar-refractivity contribution in [3.05, 3.63) is 34.7 Å². The van der Waals surface area contributed by atoms with Crippen molar-refractivity contribution in [2.24, 2.45) is 0 Å². The van der Waals surface area contributed by atoms with Gasteiger partial charge in [0.25, 0.3) is 5.91 Å². The summed E-state index contributed by atoms with van der Waals surface area (Å²) in [5, 5.41) is 2.82. The maximum atomic E-state index is 12.6. The smallest absolute Gasteiger partial charge is 0.266 e. The zero-order chi connectivity index (χ0) is 19.1. The number of thiocarbonyl (C=S) groups is 1. The van der Waals surface area contributed by atoms with E-state index in [0.29, 0.717) is 21.5 Å². The molecule has 1 heterocycles. The minimum atomic E-state index is -0.255. The SMILES string of the molecule is COc1ccccc1/C=C1\SC(=S)N(CC(=O)NCCCN(C)C)C1=O. The number of ether oxygens (including phenoxy) is 1. The number of nitrogens with zero attached hydrogens (tertiary/aromatic N) is 2. The molecule has 0 unspecified atom stereocenters. The summed E-state index contributed by atoms with van der Waals surface area (Å²) in [5.41, 5.74) is 0.795. The number of rotatable bonds is 8. The average Bonchev–Trinajstić information content (AvgIpc) is 2.86. The van der Waals surface area contributed by atoms with Gasteiger partial charge in [-0.1, -0.05) is 42.2 Å². The summed E-state index contributed by atoms with van der Waals surface area (Å²) in [6.45, 7) is 1.40. The topological polar surface area (TPSA) is 61.9 Å². The third kappa shape index (κ3) is 5.55. The lowest BCUT2D eigenvalue weighted by Crippen LogP contribution is -2.40. The Bertz CT molecular complexity index is 719. The third-order valence-corrected chi connectivity index (χ3v) is 5.08. The molecule has 0 aromatic heterocycles. The second kappa shape index (κ2) is 9.70. The molecule has 1 fully saturated rings. The highest BCUT2D eigenvalue weighted by Gasteiger charge is 2.33. The Kier molecular flexibility index (Phi) is 7.62. The molecule has 1 aromatic carbocycles. The van der Waals surface area contributed by atoms with Gasteiger partial charge >= 0.3 is 0 Å². The lowest BCUT2D eigenvalue weighted by atomic mass is 10.2. The van der Waals surface area contributed by atoms with Crippen LogP contribution in [0.15, 0.2) is 29.2 Å². The van der Waals surface area contributed by atoms with E-state index < -0.39 is 0 Å². The molecular formula is C18H23N3O3S2. The molecule has 2 rings (SSSR count). The van der Waals surface area contributed by atoms with Gasteiger partial charge in [-0.3, -0.25) is 14.5 Å². The van der Waals surface area contributed by atoms with E-state index in [0.717, 1.165) is 18.5 Å². The molecule has 2 amide bonds. The minimum absolute atomic E-state index is 0.0596. The molecule has 1 aromatic rings. The summed E-state index contributed by atoms with van der Waals surface area (Å²) in [4.78, 5) is 28.5. The fourth-order valence-electron chi connectivity index (χ4n) is 2.39. The first-order valence-electron chi connectivity index (χ1n) is 8.22. The van der Waals surface area contributed by atoms with Crippen molar-refractivity contribution in [3.8, 4) is 5.75 Å². The number of carbonyl (C=O) groups is 2. The van der Waals surface area contributed by atoms with E-state index >= 15 is 0 Å². The van der Waals surface area contributed by atoms with Crippen molar-refractivity contribution in [3.63, 3.8) is 0 Å². The predicted octanol–water partition coefficient (Wildman–Crippen LogP) is 1.96. The fourth-order valence-corrected chi connectivity index (χ4v) is 3.63. The van der Waals surface area contributed by atoms with Crippen LogP contribution < -0.4 is 10.1 Å². The van der Waals surface area contributed by atoms with E-state index in [2.05, 4.69) is 10.2 Å². The number of hydrogen-bond donors (Lipinski definition) is 1. The Balaban J connectivity index is 1.98. The summed E-state index contributed by atoms with van der Waals surface area (Å²) in [6, 6.07) is 7.43. The molecule has 140 valence electrons. The monoisotopic (exact) mass is 393 g/mol. The van der Waals surface area contributed by atoms with Crippen molar-refractivity contribution >= 4 is 46.2 Å². The highest BCUT2D eigenvalue weighted by atomic mass is 32.2. The second-order valence-corrected chi connectivity index (χ2v) is 7.69. The number of hydrogen-bond acceptors (Lipinski definition) is 6. The molecule has 1 aliphatic heterocycles. The van der Waals surface area contributed by atoms with Gasteiger partial charge in [0.05, 0.1) is 12.0 Å². The average molecular weight is 394 g/mol. The van der Waals surface area contributed by atoms with Crippen LogP contribution in [0.2, 0.25) is 0 Å². The molecule has 0 atom stereocenters. The molecule has 0 saturated carbocycles. The van der Waals surface area contributed by atoms with Gasteiger partial charge in [-0.15, -0.1) is 0 Å². The Morgan fingerprint density at radius 3 is 2.81 bits per heavy atom. The van der Waals surface area contributed by atoms with Crippen LogP contribution >= 0.6 is 24.0 Å². The molecule has 26 heavy (non-hydrogen) atoms. The fraction of sp³-hybridized carbons (Fsp3) is 0.389. The molecule has 1 N–H and O–H groups in total. The van der Waals surface area contributed by atoms with Crippen LogP contribution in [-0.2, 0) is 9.59 Å².